The Hall–Kier alpha value is -2.90. The lowest BCUT2D eigenvalue weighted by Gasteiger charge is -2.44. The van der Waals surface area contributed by atoms with Crippen LogP contribution in [0.3, 0.4) is 0 Å². The van der Waals surface area contributed by atoms with E-state index in [-0.39, 0.29) is 23.4 Å². The number of fused-ring (bicyclic) bond motifs is 1. The first kappa shape index (κ1) is 21.9. The highest BCUT2D eigenvalue weighted by Crippen LogP contribution is 2.53. The van der Waals surface area contributed by atoms with E-state index in [1.54, 1.807) is 25.1 Å². The third kappa shape index (κ3) is 3.50. The minimum Gasteiger partial charge on any atom is -0.508 e. The molecule has 1 aliphatic heterocycles. The number of aliphatic carboxylic acids is 1. The predicted molar refractivity (Wildman–Crippen MR) is 122 cm³/mol. The first-order valence-corrected chi connectivity index (χ1v) is 11.3. The van der Waals surface area contributed by atoms with Gasteiger partial charge in [0.15, 0.2) is 5.60 Å². The number of phenols is 1. The molecule has 0 spiro atoms. The second-order valence-electron chi connectivity index (χ2n) is 9.26. The number of halogens is 1. The van der Waals surface area contributed by atoms with Crippen molar-refractivity contribution in [3.05, 3.63) is 59.0 Å². The van der Waals surface area contributed by atoms with Crippen molar-refractivity contribution in [2.75, 3.05) is 20.3 Å². The zero-order chi connectivity index (χ0) is 23.3. The minimum atomic E-state index is -1.19. The van der Waals surface area contributed by atoms with Crippen LogP contribution in [0.5, 0.6) is 5.75 Å². The maximum Gasteiger partial charge on any atom is 0.335 e. The van der Waals surface area contributed by atoms with Gasteiger partial charge in [-0.25, -0.2) is 9.18 Å². The van der Waals surface area contributed by atoms with Crippen LogP contribution in [0.1, 0.15) is 54.3 Å². The number of carboxylic acid groups (broad SMARTS) is 1. The molecule has 5 rings (SSSR count). The van der Waals surface area contributed by atoms with Crippen molar-refractivity contribution in [3.63, 3.8) is 0 Å². The molecule has 7 heteroatoms. The molecule has 2 aliphatic rings. The van der Waals surface area contributed by atoms with Crippen molar-refractivity contribution in [1.82, 2.24) is 4.57 Å². The summed E-state index contributed by atoms with van der Waals surface area (Å²) in [6.07, 6.45) is 2.42. The van der Waals surface area contributed by atoms with Gasteiger partial charge in [0.1, 0.15) is 11.6 Å². The molecule has 2 fully saturated rings. The summed E-state index contributed by atoms with van der Waals surface area (Å²) in [6, 6.07) is 10.4. The molecule has 0 radical (unpaired) electrons. The Morgan fingerprint density at radius 3 is 2.52 bits per heavy atom. The van der Waals surface area contributed by atoms with Crippen LogP contribution >= 0.6 is 0 Å². The number of phenolic OH excluding ortho intramolecular Hbond substituents is 1. The van der Waals surface area contributed by atoms with Crippen LogP contribution in [0.2, 0.25) is 0 Å². The molecule has 0 bridgehead atoms. The first-order valence-electron chi connectivity index (χ1n) is 11.3. The zero-order valence-electron chi connectivity index (χ0n) is 18.8. The fourth-order valence-corrected chi connectivity index (χ4v) is 5.54. The van der Waals surface area contributed by atoms with Crippen LogP contribution in [-0.2, 0) is 14.3 Å². The van der Waals surface area contributed by atoms with Gasteiger partial charge in [-0.15, -0.1) is 0 Å². The van der Waals surface area contributed by atoms with Crippen LogP contribution in [0.25, 0.3) is 16.6 Å². The number of rotatable bonds is 5. The van der Waals surface area contributed by atoms with Crippen molar-refractivity contribution >= 4 is 16.9 Å². The number of aromatic hydroxyl groups is 1. The van der Waals surface area contributed by atoms with Crippen molar-refractivity contribution in [2.24, 2.45) is 0 Å². The molecule has 6 nitrogen and oxygen atoms in total. The fraction of sp³-hybridized carbons (Fsp3) is 0.423. The average Bonchev–Trinajstić information content (AvgIpc) is 3.10. The summed E-state index contributed by atoms with van der Waals surface area (Å²) < 4.78 is 27.3. The van der Waals surface area contributed by atoms with E-state index in [2.05, 4.69) is 4.57 Å². The van der Waals surface area contributed by atoms with E-state index in [0.29, 0.717) is 31.6 Å². The molecule has 1 saturated heterocycles. The average molecular weight is 454 g/mol. The standard InChI is InChI=1S/C26H28FNO5/c1-15-11-18(3-5-21(15)27)28-22-6-4-19(29)12-20(22)23(24(28)16-7-9-33-10-8-16)17-13-26(14-17,32-2)25(30)31/h3-6,11-12,16-17,29H,7-10,13-14H2,1-2H3,(H,30,31)/t17-,26-. The van der Waals surface area contributed by atoms with Crippen LogP contribution < -0.4 is 0 Å². The van der Waals surface area contributed by atoms with Gasteiger partial charge >= 0.3 is 5.97 Å². The number of aryl methyl sites for hydroxylation is 1. The molecule has 1 saturated carbocycles. The van der Waals surface area contributed by atoms with Gasteiger partial charge in [-0.2, -0.15) is 0 Å². The molecule has 2 aromatic carbocycles. The molecule has 0 amide bonds. The van der Waals surface area contributed by atoms with Gasteiger partial charge in [0, 0.05) is 43.0 Å². The summed E-state index contributed by atoms with van der Waals surface area (Å²) in [5, 5.41) is 21.0. The minimum absolute atomic E-state index is 0.0222. The summed E-state index contributed by atoms with van der Waals surface area (Å²) in [7, 11) is 1.44. The van der Waals surface area contributed by atoms with Crippen molar-refractivity contribution < 1.29 is 28.9 Å². The van der Waals surface area contributed by atoms with Crippen LogP contribution in [0, 0.1) is 12.7 Å². The molecule has 3 aromatic rings. The quantitative estimate of drug-likeness (QED) is 0.567. The monoisotopic (exact) mass is 453 g/mol. The van der Waals surface area contributed by atoms with Crippen LogP contribution in [0.4, 0.5) is 4.39 Å². The number of nitrogens with zero attached hydrogens (tertiary/aromatic N) is 1. The van der Waals surface area contributed by atoms with E-state index in [1.807, 2.05) is 12.1 Å². The molecule has 0 atom stereocenters. The number of ether oxygens (including phenoxy) is 2. The lowest BCUT2D eigenvalue weighted by atomic mass is 9.66. The van der Waals surface area contributed by atoms with Crippen molar-refractivity contribution in [3.8, 4) is 11.4 Å². The molecule has 2 N–H and O–H groups in total. The van der Waals surface area contributed by atoms with Gasteiger partial charge in [0.2, 0.25) is 0 Å². The number of aromatic nitrogens is 1. The Morgan fingerprint density at radius 1 is 1.15 bits per heavy atom. The van der Waals surface area contributed by atoms with Gasteiger partial charge in [0.25, 0.3) is 0 Å². The predicted octanol–water partition coefficient (Wildman–Crippen LogP) is 5.02. The molecule has 0 unspecified atom stereocenters. The highest BCUT2D eigenvalue weighted by atomic mass is 19.1. The Bertz CT molecular complexity index is 1220. The molecule has 1 aromatic heterocycles. The largest absolute Gasteiger partial charge is 0.508 e. The van der Waals surface area contributed by atoms with E-state index in [9.17, 15) is 19.4 Å². The molecule has 174 valence electrons. The fourth-order valence-electron chi connectivity index (χ4n) is 5.54. The molecular weight excluding hydrogens is 425 g/mol. The maximum absolute atomic E-state index is 14.1. The van der Waals surface area contributed by atoms with Gasteiger partial charge in [-0.05, 0) is 86.1 Å². The molecule has 2 heterocycles. The number of benzene rings is 2. The normalized spacial score (nSPS) is 23.5. The van der Waals surface area contributed by atoms with E-state index in [0.717, 1.165) is 40.7 Å². The second kappa shape index (κ2) is 8.15. The summed E-state index contributed by atoms with van der Waals surface area (Å²) in [4.78, 5) is 11.9. The third-order valence-corrected chi connectivity index (χ3v) is 7.38. The second-order valence-corrected chi connectivity index (χ2v) is 9.26. The van der Waals surface area contributed by atoms with E-state index < -0.39 is 11.6 Å². The van der Waals surface area contributed by atoms with Gasteiger partial charge in [-0.1, -0.05) is 0 Å². The highest BCUT2D eigenvalue weighted by Gasteiger charge is 2.53. The van der Waals surface area contributed by atoms with Crippen molar-refractivity contribution in [2.45, 2.75) is 50.0 Å². The molecule has 33 heavy (non-hydrogen) atoms. The Morgan fingerprint density at radius 2 is 1.88 bits per heavy atom. The first-order chi connectivity index (χ1) is 15.8. The number of carbonyl (C=O) groups is 1. The summed E-state index contributed by atoms with van der Waals surface area (Å²) in [5.41, 5.74) is 3.30. The number of hydrogen-bond acceptors (Lipinski definition) is 4. The lowest BCUT2D eigenvalue weighted by molar-refractivity contribution is -0.175. The third-order valence-electron chi connectivity index (χ3n) is 7.38. The van der Waals surface area contributed by atoms with Crippen LogP contribution in [0.15, 0.2) is 36.4 Å². The SMILES string of the molecule is CO[C@]1(C(=O)O)C[C@@H](c2c(C3CCOCC3)n(-c3ccc(F)c(C)c3)c3ccc(O)cc32)C1. The number of carboxylic acids is 1. The Balaban J connectivity index is 1.75. The van der Waals surface area contributed by atoms with E-state index in [1.165, 1.54) is 13.2 Å². The van der Waals surface area contributed by atoms with Crippen molar-refractivity contribution in [1.29, 1.82) is 0 Å². The topological polar surface area (TPSA) is 80.9 Å². The smallest absolute Gasteiger partial charge is 0.335 e. The Labute approximate surface area is 191 Å². The summed E-state index contributed by atoms with van der Waals surface area (Å²) in [6.45, 7) is 3.05. The number of methoxy groups -OCH3 is 1. The van der Waals surface area contributed by atoms with Gasteiger partial charge < -0.3 is 24.3 Å². The molecular formula is C26H28FNO5. The molecule has 1 aliphatic carbocycles. The van der Waals surface area contributed by atoms with E-state index in [4.69, 9.17) is 9.47 Å². The van der Waals surface area contributed by atoms with E-state index >= 15 is 0 Å². The summed E-state index contributed by atoms with van der Waals surface area (Å²) in [5.74, 6) is -0.868. The zero-order valence-corrected chi connectivity index (χ0v) is 18.8. The van der Waals surface area contributed by atoms with Crippen LogP contribution in [-0.4, -0.2) is 46.7 Å². The lowest BCUT2D eigenvalue weighted by Crippen LogP contribution is -2.51. The summed E-state index contributed by atoms with van der Waals surface area (Å²) >= 11 is 0. The van der Waals surface area contributed by atoms with Gasteiger partial charge in [0.05, 0.1) is 5.52 Å². The highest BCUT2D eigenvalue weighted by molar-refractivity contribution is 5.90. The maximum atomic E-state index is 14.1. The Kier molecular flexibility index (Phi) is 5.41. The van der Waals surface area contributed by atoms with Gasteiger partial charge in [-0.3, -0.25) is 0 Å². The number of hydrogen-bond donors (Lipinski definition) is 2.